The van der Waals surface area contributed by atoms with E-state index in [0.717, 1.165) is 43.1 Å². The zero-order valence-corrected chi connectivity index (χ0v) is 37.2. The third-order valence-electron chi connectivity index (χ3n) is 9.92. The van der Waals surface area contributed by atoms with Crippen LogP contribution in [0.1, 0.15) is 59.3 Å². The number of nitrogens with zero attached hydrogens (tertiary/aromatic N) is 5. The Morgan fingerprint density at radius 3 is 2.25 bits per heavy atom. The number of carbonyl (C=O) groups excluding carboxylic acids is 4. The van der Waals surface area contributed by atoms with Gasteiger partial charge in [-0.2, -0.15) is 0 Å². The molecule has 2 heterocycles. The summed E-state index contributed by atoms with van der Waals surface area (Å²) in [4.78, 5) is 53.9. The van der Waals surface area contributed by atoms with Crippen molar-refractivity contribution in [2.75, 3.05) is 112 Å². The third kappa shape index (κ3) is 20.6. The van der Waals surface area contributed by atoms with Crippen LogP contribution in [-0.2, 0) is 64.3 Å². The summed E-state index contributed by atoms with van der Waals surface area (Å²) in [5, 5.41) is 18.8. The number of benzene rings is 2. The Labute approximate surface area is 373 Å². The number of piperidine rings is 1. The lowest BCUT2D eigenvalue weighted by atomic mass is 10.0. The van der Waals surface area contributed by atoms with Crippen LogP contribution in [0.3, 0.4) is 0 Å². The molecule has 1 saturated heterocycles. The number of hydrogen-bond acceptors (Lipinski definition) is 13. The van der Waals surface area contributed by atoms with Gasteiger partial charge in [-0.1, -0.05) is 29.3 Å². The number of rotatable bonds is 30. The average Bonchev–Trinajstić information content (AvgIpc) is 3.74. The van der Waals surface area contributed by atoms with Gasteiger partial charge in [0.2, 0.25) is 5.91 Å². The Bertz CT molecular complexity index is 1850. The number of nitrogens with one attached hydrogen (secondary N) is 4. The summed E-state index contributed by atoms with van der Waals surface area (Å²) < 4.78 is 43.4. The highest BCUT2D eigenvalue weighted by Crippen LogP contribution is 2.22. The van der Waals surface area contributed by atoms with E-state index in [1.54, 1.807) is 29.9 Å². The molecule has 2 aromatic carbocycles. The van der Waals surface area contributed by atoms with Crippen LogP contribution in [-0.4, -0.2) is 155 Å². The average molecular weight is 904 g/mol. The second-order valence-corrected chi connectivity index (χ2v) is 15.3. The molecule has 18 nitrogen and oxygen atoms in total. The van der Waals surface area contributed by atoms with Gasteiger partial charge in [0.1, 0.15) is 11.5 Å². The first-order valence-electron chi connectivity index (χ1n) is 21.4. The predicted octanol–water partition coefficient (Wildman–Crippen LogP) is 2.78. The van der Waals surface area contributed by atoms with Gasteiger partial charge in [-0.05, 0) is 87.4 Å². The van der Waals surface area contributed by atoms with Crippen molar-refractivity contribution >= 4 is 40.9 Å². The molecule has 1 aliphatic heterocycles. The van der Waals surface area contributed by atoms with E-state index < -0.39 is 23.5 Å². The Balaban J connectivity index is 1.00. The minimum Gasteiger partial charge on any atom is -0.379 e. The molecule has 20 heteroatoms. The molecule has 0 atom stereocenters. The molecule has 348 valence electrons. The van der Waals surface area contributed by atoms with E-state index >= 15 is 0 Å². The predicted molar refractivity (Wildman–Crippen MR) is 234 cm³/mol. The number of halogens is 2. The van der Waals surface area contributed by atoms with Crippen LogP contribution in [0, 0.1) is 5.82 Å². The summed E-state index contributed by atoms with van der Waals surface area (Å²) in [6, 6.07) is 9.28. The lowest BCUT2D eigenvalue weighted by molar-refractivity contribution is -0.139. The minimum absolute atomic E-state index is 0.0333. The second-order valence-electron chi connectivity index (χ2n) is 14.9. The number of likely N-dealkylation sites (tertiary alicyclic amines) is 1. The Morgan fingerprint density at radius 1 is 0.810 bits per heavy atom. The van der Waals surface area contributed by atoms with Crippen LogP contribution >= 0.6 is 11.6 Å². The molecule has 0 spiro atoms. The molecule has 3 aromatic rings. The fraction of sp³-hybridized carbons (Fsp3) is 0.581. The summed E-state index contributed by atoms with van der Waals surface area (Å²) in [5.41, 5.74) is 3.05. The molecule has 0 aliphatic carbocycles. The molecule has 1 fully saturated rings. The van der Waals surface area contributed by atoms with Gasteiger partial charge in [0.25, 0.3) is 5.91 Å². The van der Waals surface area contributed by atoms with Crippen molar-refractivity contribution in [2.24, 2.45) is 0 Å². The van der Waals surface area contributed by atoms with Gasteiger partial charge in [0.05, 0.1) is 83.8 Å². The van der Waals surface area contributed by atoms with Crippen molar-refractivity contribution in [1.29, 1.82) is 0 Å². The van der Waals surface area contributed by atoms with Crippen LogP contribution in [0.2, 0.25) is 5.02 Å². The molecular weight excluding hydrogens is 841 g/mol. The van der Waals surface area contributed by atoms with Crippen LogP contribution in [0.15, 0.2) is 42.6 Å². The number of anilines is 1. The van der Waals surface area contributed by atoms with Gasteiger partial charge in [0, 0.05) is 50.9 Å². The summed E-state index contributed by atoms with van der Waals surface area (Å²) in [6.07, 6.45) is 6.13. The molecule has 4 rings (SSSR count). The highest BCUT2D eigenvalue weighted by Gasteiger charge is 2.18. The summed E-state index contributed by atoms with van der Waals surface area (Å²) in [7, 11) is 3.55. The van der Waals surface area contributed by atoms with E-state index in [-0.39, 0.29) is 23.2 Å². The molecule has 1 aromatic heterocycles. The van der Waals surface area contributed by atoms with Gasteiger partial charge < -0.3 is 49.9 Å². The summed E-state index contributed by atoms with van der Waals surface area (Å²) in [6.45, 7) is 9.08. The standard InChI is InChI=1S/C43H63ClFN9O9/c1-46-40(55)11-18-59-21-22-61-20-17-54-31-37(50-51-54)32-63-26-25-62-24-23-60-19-16-52(2)13-6-12-47-42(57)43(58)48-29-34-8-7-33(27-35(34)30-53-14-4-3-5-15-53)41(56)49-36-9-10-38(44)39(45)28-36/h7-10,27-28,31H,3-6,11-26,29-30,32H2,1-2H3,(H,46,55)(H,47,57)(H,48,58)(H,49,56). The minimum atomic E-state index is -0.736. The van der Waals surface area contributed by atoms with Crippen molar-refractivity contribution in [3.05, 3.63) is 75.8 Å². The normalized spacial score (nSPS) is 13.0. The molecule has 1 aliphatic rings. The lowest BCUT2D eigenvalue weighted by Gasteiger charge is -2.27. The van der Waals surface area contributed by atoms with Crippen molar-refractivity contribution in [1.82, 2.24) is 40.7 Å². The Hall–Kier alpha value is -4.60. The quantitative estimate of drug-likeness (QED) is 0.0563. The number of ether oxygens (including phenoxy) is 5. The fourth-order valence-corrected chi connectivity index (χ4v) is 6.46. The van der Waals surface area contributed by atoms with Gasteiger partial charge in [-0.3, -0.25) is 24.1 Å². The van der Waals surface area contributed by atoms with E-state index in [9.17, 15) is 23.6 Å². The Morgan fingerprint density at radius 2 is 1.51 bits per heavy atom. The van der Waals surface area contributed by atoms with Crippen molar-refractivity contribution in [3.8, 4) is 0 Å². The molecule has 0 radical (unpaired) electrons. The summed E-state index contributed by atoms with van der Waals surface area (Å²) in [5.74, 6) is -2.53. The molecule has 0 saturated carbocycles. The maximum absolute atomic E-state index is 13.9. The number of hydrogen-bond donors (Lipinski definition) is 4. The zero-order chi connectivity index (χ0) is 45.1. The first-order chi connectivity index (χ1) is 30.6. The van der Waals surface area contributed by atoms with Crippen LogP contribution in [0.25, 0.3) is 0 Å². The SMILES string of the molecule is CNC(=O)CCOCCOCCn1cc(COCCOCCOCCN(C)CCCNC(=O)C(=O)NCc2ccc(C(=O)Nc3ccc(Cl)c(F)c3)cc2CN2CCCCC2)nn1. The van der Waals surface area contributed by atoms with E-state index in [0.29, 0.717) is 123 Å². The first-order valence-corrected chi connectivity index (χ1v) is 21.8. The van der Waals surface area contributed by atoms with E-state index in [2.05, 4.69) is 41.4 Å². The van der Waals surface area contributed by atoms with Crippen molar-refractivity contribution in [3.63, 3.8) is 0 Å². The zero-order valence-electron chi connectivity index (χ0n) is 36.5. The van der Waals surface area contributed by atoms with Crippen LogP contribution in [0.4, 0.5) is 10.1 Å². The monoisotopic (exact) mass is 903 g/mol. The van der Waals surface area contributed by atoms with Gasteiger partial charge >= 0.3 is 11.8 Å². The molecular formula is C43H63ClFN9O9. The topological polar surface area (TPSA) is 200 Å². The smallest absolute Gasteiger partial charge is 0.309 e. The van der Waals surface area contributed by atoms with Gasteiger partial charge in [-0.25, -0.2) is 9.07 Å². The molecule has 0 unspecified atom stereocenters. The maximum atomic E-state index is 13.9. The van der Waals surface area contributed by atoms with E-state index in [1.807, 2.05) is 13.2 Å². The van der Waals surface area contributed by atoms with Gasteiger partial charge in [0.15, 0.2) is 0 Å². The number of likely N-dealkylation sites (N-methyl/N-ethyl adjacent to an activating group) is 1. The van der Waals surface area contributed by atoms with E-state index in [1.165, 1.54) is 18.6 Å². The van der Waals surface area contributed by atoms with Gasteiger partial charge in [-0.15, -0.1) is 5.10 Å². The van der Waals surface area contributed by atoms with Crippen LogP contribution in [0.5, 0.6) is 0 Å². The van der Waals surface area contributed by atoms with E-state index in [4.69, 9.17) is 35.3 Å². The molecule has 63 heavy (non-hydrogen) atoms. The largest absolute Gasteiger partial charge is 0.379 e. The molecule has 4 amide bonds. The highest BCUT2D eigenvalue weighted by molar-refractivity contribution is 6.35. The number of aromatic nitrogens is 3. The highest BCUT2D eigenvalue weighted by atomic mass is 35.5. The molecule has 4 N–H and O–H groups in total. The summed E-state index contributed by atoms with van der Waals surface area (Å²) >= 11 is 5.78. The second kappa shape index (κ2) is 29.7. The van der Waals surface area contributed by atoms with Crippen molar-refractivity contribution in [2.45, 2.75) is 58.3 Å². The Kier molecular flexibility index (Phi) is 24.1. The number of amides is 4. The third-order valence-corrected chi connectivity index (χ3v) is 10.2. The number of carbonyl (C=O) groups is 4. The van der Waals surface area contributed by atoms with Crippen LogP contribution < -0.4 is 21.3 Å². The maximum Gasteiger partial charge on any atom is 0.309 e. The lowest BCUT2D eigenvalue weighted by Crippen LogP contribution is -2.40. The van der Waals surface area contributed by atoms with Crippen molar-refractivity contribution < 1.29 is 47.3 Å². The molecule has 0 bridgehead atoms. The first kappa shape index (κ1) is 51.0. The fourth-order valence-electron chi connectivity index (χ4n) is 6.34.